The van der Waals surface area contributed by atoms with Crippen molar-refractivity contribution < 1.29 is 22.5 Å². The van der Waals surface area contributed by atoms with Gasteiger partial charge < -0.3 is 4.74 Å². The van der Waals surface area contributed by atoms with Gasteiger partial charge in [0.15, 0.2) is 0 Å². The van der Waals surface area contributed by atoms with E-state index in [4.69, 9.17) is 4.74 Å². The zero-order valence-electron chi connectivity index (χ0n) is 10.9. The molecule has 1 N–H and O–H groups in total. The van der Waals surface area contributed by atoms with E-state index in [1.807, 2.05) is 0 Å². The number of benzene rings is 1. The van der Waals surface area contributed by atoms with Gasteiger partial charge in [0.25, 0.3) is 10.1 Å². The van der Waals surface area contributed by atoms with E-state index in [9.17, 15) is 17.8 Å². The molecule has 6 heteroatoms. The topological polar surface area (TPSA) is 80.7 Å². The minimum Gasteiger partial charge on any atom is -0.426 e. The molecular formula is C13H16O5S. The molecule has 19 heavy (non-hydrogen) atoms. The van der Waals surface area contributed by atoms with Crippen LogP contribution in [-0.4, -0.2) is 18.9 Å². The van der Waals surface area contributed by atoms with E-state index >= 15 is 0 Å². The lowest BCUT2D eigenvalue weighted by Gasteiger charge is -2.22. The molecule has 0 saturated heterocycles. The van der Waals surface area contributed by atoms with Crippen LogP contribution in [0.1, 0.15) is 36.5 Å². The van der Waals surface area contributed by atoms with Crippen LogP contribution in [0.25, 0.3) is 0 Å². The van der Waals surface area contributed by atoms with Gasteiger partial charge in [-0.15, -0.1) is 0 Å². The summed E-state index contributed by atoms with van der Waals surface area (Å²) in [7, 11) is -4.25. The summed E-state index contributed by atoms with van der Waals surface area (Å²) >= 11 is 0. The predicted octanol–water partition coefficient (Wildman–Crippen LogP) is 2.05. The Kier molecular flexibility index (Phi) is 3.64. The van der Waals surface area contributed by atoms with Crippen LogP contribution in [0.15, 0.2) is 11.0 Å². The highest BCUT2D eigenvalue weighted by atomic mass is 32.2. The Hall–Kier alpha value is -1.40. The van der Waals surface area contributed by atoms with Crippen molar-refractivity contribution >= 4 is 16.1 Å². The molecule has 0 saturated carbocycles. The third kappa shape index (κ3) is 2.79. The molecule has 0 spiro atoms. The smallest absolute Gasteiger partial charge is 0.308 e. The lowest BCUT2D eigenvalue weighted by molar-refractivity contribution is -0.132. The Morgan fingerprint density at radius 1 is 1.26 bits per heavy atom. The summed E-state index contributed by atoms with van der Waals surface area (Å²) in [4.78, 5) is 11.1. The van der Waals surface area contributed by atoms with Crippen molar-refractivity contribution in [1.29, 1.82) is 0 Å². The molecule has 0 radical (unpaired) electrons. The average Bonchev–Trinajstić information content (AvgIpc) is 2.30. The van der Waals surface area contributed by atoms with Crippen molar-refractivity contribution in [1.82, 2.24) is 0 Å². The number of carbonyl (C=O) groups excluding carboxylic acids is 1. The highest BCUT2D eigenvalue weighted by Crippen LogP contribution is 2.37. The maximum atomic E-state index is 11.4. The van der Waals surface area contributed by atoms with Crippen LogP contribution in [0.4, 0.5) is 0 Å². The summed E-state index contributed by atoms with van der Waals surface area (Å²) in [6.45, 7) is 2.98. The summed E-state index contributed by atoms with van der Waals surface area (Å²) in [6.07, 6.45) is 2.99. The molecule has 0 atom stereocenters. The van der Waals surface area contributed by atoms with Gasteiger partial charge in [-0.3, -0.25) is 9.35 Å². The third-order valence-electron chi connectivity index (χ3n) is 3.27. The number of hydrogen-bond acceptors (Lipinski definition) is 4. The zero-order chi connectivity index (χ0) is 14.2. The van der Waals surface area contributed by atoms with Gasteiger partial charge >= 0.3 is 5.97 Å². The molecule has 0 aliphatic heterocycles. The highest BCUT2D eigenvalue weighted by Gasteiger charge is 2.26. The molecule has 0 unspecified atom stereocenters. The van der Waals surface area contributed by atoms with Gasteiger partial charge in [0.05, 0.1) is 4.90 Å². The molecule has 1 aliphatic carbocycles. The second-order valence-electron chi connectivity index (χ2n) is 4.75. The van der Waals surface area contributed by atoms with Crippen LogP contribution in [0.3, 0.4) is 0 Å². The van der Waals surface area contributed by atoms with Crippen LogP contribution in [-0.2, 0) is 27.8 Å². The molecule has 0 amide bonds. The molecule has 0 aromatic heterocycles. The van der Waals surface area contributed by atoms with Crippen LogP contribution in [0, 0.1) is 6.92 Å². The van der Waals surface area contributed by atoms with Crippen LogP contribution in [0.5, 0.6) is 5.75 Å². The van der Waals surface area contributed by atoms with Crippen LogP contribution < -0.4 is 4.74 Å². The van der Waals surface area contributed by atoms with Crippen LogP contribution in [0.2, 0.25) is 0 Å². The molecule has 2 rings (SSSR count). The van der Waals surface area contributed by atoms with E-state index in [1.54, 1.807) is 6.92 Å². The second kappa shape index (κ2) is 4.94. The quantitative estimate of drug-likeness (QED) is 0.510. The van der Waals surface area contributed by atoms with Crippen molar-refractivity contribution in [3.05, 3.63) is 22.8 Å². The van der Waals surface area contributed by atoms with Gasteiger partial charge in [-0.1, -0.05) is 0 Å². The summed E-state index contributed by atoms with van der Waals surface area (Å²) in [5.74, 6) is 0.00470. The van der Waals surface area contributed by atoms with Crippen molar-refractivity contribution in [2.75, 3.05) is 0 Å². The summed E-state index contributed by atoms with van der Waals surface area (Å²) < 4.78 is 37.4. The normalized spacial score (nSPS) is 14.9. The van der Waals surface area contributed by atoms with Crippen molar-refractivity contribution in [2.45, 2.75) is 44.4 Å². The Balaban J connectivity index is 2.70. The molecular weight excluding hydrogens is 268 g/mol. The number of aryl methyl sites for hydroxylation is 1. The lowest BCUT2D eigenvalue weighted by Crippen LogP contribution is -2.15. The Morgan fingerprint density at radius 2 is 1.84 bits per heavy atom. The van der Waals surface area contributed by atoms with Gasteiger partial charge in [-0.2, -0.15) is 8.42 Å². The van der Waals surface area contributed by atoms with E-state index in [-0.39, 0.29) is 4.90 Å². The highest BCUT2D eigenvalue weighted by molar-refractivity contribution is 7.85. The van der Waals surface area contributed by atoms with Gasteiger partial charge in [-0.05, 0) is 55.4 Å². The largest absolute Gasteiger partial charge is 0.426 e. The fourth-order valence-electron chi connectivity index (χ4n) is 2.53. The van der Waals surface area contributed by atoms with E-state index in [0.29, 0.717) is 29.7 Å². The monoisotopic (exact) mass is 284 g/mol. The van der Waals surface area contributed by atoms with E-state index < -0.39 is 16.1 Å². The van der Waals surface area contributed by atoms with E-state index in [0.717, 1.165) is 18.4 Å². The molecule has 0 heterocycles. The van der Waals surface area contributed by atoms with Gasteiger partial charge in [0, 0.05) is 6.92 Å². The van der Waals surface area contributed by atoms with Gasteiger partial charge in [-0.25, -0.2) is 0 Å². The Bertz CT molecular complexity index is 631. The SMILES string of the molecule is CC(=O)Oc1c(C)cc(S(=O)(=O)O)c2c1CCCC2. The van der Waals surface area contributed by atoms with Crippen molar-refractivity contribution in [3.8, 4) is 5.75 Å². The first kappa shape index (κ1) is 14.0. The molecule has 104 valence electrons. The second-order valence-corrected chi connectivity index (χ2v) is 6.14. The number of hydrogen-bond donors (Lipinski definition) is 1. The first-order chi connectivity index (χ1) is 8.80. The molecule has 5 nitrogen and oxygen atoms in total. The number of esters is 1. The number of ether oxygens (including phenoxy) is 1. The first-order valence-corrected chi connectivity index (χ1v) is 7.56. The van der Waals surface area contributed by atoms with Gasteiger partial charge in [0.2, 0.25) is 0 Å². The molecule has 0 bridgehead atoms. The molecule has 1 aromatic rings. The molecule has 1 aromatic carbocycles. The Morgan fingerprint density at radius 3 is 2.37 bits per heavy atom. The molecule has 1 aliphatic rings. The first-order valence-electron chi connectivity index (χ1n) is 6.12. The zero-order valence-corrected chi connectivity index (χ0v) is 11.7. The minimum absolute atomic E-state index is 0.0596. The third-order valence-corrected chi connectivity index (χ3v) is 4.19. The van der Waals surface area contributed by atoms with E-state index in [2.05, 4.69) is 0 Å². The fourth-order valence-corrected chi connectivity index (χ4v) is 3.39. The number of fused-ring (bicyclic) bond motifs is 1. The minimum atomic E-state index is -4.25. The fraction of sp³-hybridized carbons (Fsp3) is 0.462. The van der Waals surface area contributed by atoms with Crippen LogP contribution >= 0.6 is 0 Å². The van der Waals surface area contributed by atoms with Crippen molar-refractivity contribution in [3.63, 3.8) is 0 Å². The summed E-state index contributed by atoms with van der Waals surface area (Å²) in [5.41, 5.74) is 1.85. The number of rotatable bonds is 2. The maximum Gasteiger partial charge on any atom is 0.308 e. The lowest BCUT2D eigenvalue weighted by atomic mass is 9.89. The average molecular weight is 284 g/mol. The Labute approximate surface area is 112 Å². The van der Waals surface area contributed by atoms with Gasteiger partial charge in [0.1, 0.15) is 5.75 Å². The van der Waals surface area contributed by atoms with E-state index in [1.165, 1.54) is 13.0 Å². The summed E-state index contributed by atoms with van der Waals surface area (Å²) in [5, 5.41) is 0. The predicted molar refractivity (Wildman–Crippen MR) is 68.9 cm³/mol. The summed E-state index contributed by atoms with van der Waals surface area (Å²) in [6, 6.07) is 1.37. The number of carbonyl (C=O) groups is 1. The molecule has 0 fully saturated rings. The standard InChI is InChI=1S/C13H16O5S/c1-8-7-12(19(15,16)17)10-5-3-4-6-11(10)13(8)18-9(2)14/h7H,3-6H2,1-2H3,(H,15,16,17). The van der Waals surface area contributed by atoms with Crippen molar-refractivity contribution in [2.24, 2.45) is 0 Å². The maximum absolute atomic E-state index is 11.4.